The molecule has 2 aromatic rings. The summed E-state index contributed by atoms with van der Waals surface area (Å²) in [7, 11) is 0. The summed E-state index contributed by atoms with van der Waals surface area (Å²) >= 11 is 3.35. The quantitative estimate of drug-likeness (QED) is 0.912. The van der Waals surface area contributed by atoms with E-state index in [2.05, 4.69) is 26.1 Å². The highest BCUT2D eigenvalue weighted by atomic mass is 79.9. The van der Waals surface area contributed by atoms with Crippen LogP contribution in [-0.2, 0) is 13.0 Å². The maximum absolute atomic E-state index is 5.50. The normalized spacial score (nSPS) is 10.5. The fraction of sp³-hybridized carbons (Fsp3) is 0.273. The van der Waals surface area contributed by atoms with Crippen molar-refractivity contribution in [2.45, 2.75) is 13.0 Å². The molecule has 0 fully saturated rings. The Balaban J connectivity index is 1.90. The van der Waals surface area contributed by atoms with Gasteiger partial charge in [0.15, 0.2) is 6.61 Å². The second-order valence-corrected chi connectivity index (χ2v) is 4.30. The van der Waals surface area contributed by atoms with Gasteiger partial charge in [-0.2, -0.15) is 4.98 Å². The standard InChI is InChI=1S/C11H12BrN3O2/c12-8-1-3-9(4-2-8)16-7-10-14-11(5-6-13)17-15-10/h1-4H,5-7,13H2. The van der Waals surface area contributed by atoms with Gasteiger partial charge >= 0.3 is 0 Å². The van der Waals surface area contributed by atoms with E-state index >= 15 is 0 Å². The van der Waals surface area contributed by atoms with Crippen LogP contribution >= 0.6 is 15.9 Å². The van der Waals surface area contributed by atoms with E-state index in [1.165, 1.54) is 0 Å². The molecule has 0 spiro atoms. The highest BCUT2D eigenvalue weighted by molar-refractivity contribution is 9.10. The van der Waals surface area contributed by atoms with E-state index < -0.39 is 0 Å². The number of nitrogens with zero attached hydrogens (tertiary/aromatic N) is 2. The molecule has 0 amide bonds. The van der Waals surface area contributed by atoms with Crippen molar-refractivity contribution in [3.8, 4) is 5.75 Å². The van der Waals surface area contributed by atoms with Gasteiger partial charge in [-0.3, -0.25) is 0 Å². The molecule has 1 aromatic heterocycles. The smallest absolute Gasteiger partial charge is 0.228 e. The molecule has 2 rings (SSSR count). The van der Waals surface area contributed by atoms with Crippen molar-refractivity contribution in [2.75, 3.05) is 6.54 Å². The topological polar surface area (TPSA) is 74.2 Å². The van der Waals surface area contributed by atoms with Crippen molar-refractivity contribution in [3.05, 3.63) is 40.5 Å². The molecule has 17 heavy (non-hydrogen) atoms. The van der Waals surface area contributed by atoms with Crippen LogP contribution in [-0.4, -0.2) is 16.7 Å². The van der Waals surface area contributed by atoms with Gasteiger partial charge in [-0.25, -0.2) is 0 Å². The van der Waals surface area contributed by atoms with Gasteiger partial charge < -0.3 is 15.0 Å². The van der Waals surface area contributed by atoms with Crippen molar-refractivity contribution < 1.29 is 9.26 Å². The maximum atomic E-state index is 5.50. The van der Waals surface area contributed by atoms with Gasteiger partial charge in [-0.05, 0) is 24.3 Å². The number of aromatic nitrogens is 2. The summed E-state index contributed by atoms with van der Waals surface area (Å²) in [6.07, 6.45) is 0.589. The third kappa shape index (κ3) is 3.54. The summed E-state index contributed by atoms with van der Waals surface area (Å²) in [6.45, 7) is 0.783. The van der Waals surface area contributed by atoms with Gasteiger partial charge in [0, 0.05) is 17.4 Å². The maximum Gasteiger partial charge on any atom is 0.228 e. The van der Waals surface area contributed by atoms with E-state index in [0.717, 1.165) is 10.2 Å². The zero-order valence-electron chi connectivity index (χ0n) is 9.10. The molecule has 0 saturated heterocycles. The molecule has 0 saturated carbocycles. The third-order valence-electron chi connectivity index (χ3n) is 2.05. The summed E-state index contributed by atoms with van der Waals surface area (Å²) in [5.74, 6) is 1.83. The average molecular weight is 298 g/mol. The lowest BCUT2D eigenvalue weighted by Gasteiger charge is -2.02. The first-order valence-corrected chi connectivity index (χ1v) is 5.97. The summed E-state index contributed by atoms with van der Waals surface area (Å²) in [4.78, 5) is 4.14. The SMILES string of the molecule is NCCc1nc(COc2ccc(Br)cc2)no1. The molecular weight excluding hydrogens is 286 g/mol. The lowest BCUT2D eigenvalue weighted by atomic mass is 10.3. The Morgan fingerprint density at radius 1 is 1.29 bits per heavy atom. The molecule has 90 valence electrons. The molecule has 0 aliphatic heterocycles. The number of ether oxygens (including phenoxy) is 1. The van der Waals surface area contributed by atoms with Crippen LogP contribution in [0.4, 0.5) is 0 Å². The minimum absolute atomic E-state index is 0.287. The number of rotatable bonds is 5. The Bertz CT molecular complexity index is 470. The van der Waals surface area contributed by atoms with Crippen LogP contribution in [0.2, 0.25) is 0 Å². The van der Waals surface area contributed by atoms with E-state index in [0.29, 0.717) is 24.7 Å². The predicted octanol–water partition coefficient (Wildman–Crippen LogP) is 1.91. The number of hydrogen-bond acceptors (Lipinski definition) is 5. The Hall–Kier alpha value is -1.40. The fourth-order valence-electron chi connectivity index (χ4n) is 1.25. The Morgan fingerprint density at radius 2 is 2.06 bits per heavy atom. The van der Waals surface area contributed by atoms with Crippen molar-refractivity contribution in [2.24, 2.45) is 5.73 Å². The molecule has 2 N–H and O–H groups in total. The molecule has 0 radical (unpaired) electrons. The summed E-state index contributed by atoms with van der Waals surface area (Å²) in [6, 6.07) is 7.55. The van der Waals surface area contributed by atoms with E-state index in [1.807, 2.05) is 24.3 Å². The third-order valence-corrected chi connectivity index (χ3v) is 2.58. The predicted molar refractivity (Wildman–Crippen MR) is 65.5 cm³/mol. The van der Waals surface area contributed by atoms with Crippen LogP contribution in [0.15, 0.2) is 33.3 Å². The summed E-state index contributed by atoms with van der Waals surface area (Å²) in [5.41, 5.74) is 5.39. The molecular formula is C11H12BrN3O2. The zero-order chi connectivity index (χ0) is 12.1. The summed E-state index contributed by atoms with van der Waals surface area (Å²) < 4.78 is 11.5. The first-order valence-electron chi connectivity index (χ1n) is 5.18. The van der Waals surface area contributed by atoms with Gasteiger partial charge in [0.1, 0.15) is 5.75 Å². The minimum atomic E-state index is 0.287. The number of halogens is 1. The van der Waals surface area contributed by atoms with Crippen LogP contribution < -0.4 is 10.5 Å². The number of hydrogen-bond donors (Lipinski definition) is 1. The molecule has 0 unspecified atom stereocenters. The average Bonchev–Trinajstić information content (AvgIpc) is 2.77. The van der Waals surface area contributed by atoms with Crippen LogP contribution in [0.5, 0.6) is 5.75 Å². The lowest BCUT2D eigenvalue weighted by molar-refractivity contribution is 0.285. The number of nitrogens with two attached hydrogens (primary N) is 1. The van der Waals surface area contributed by atoms with Gasteiger partial charge in [-0.1, -0.05) is 21.1 Å². The summed E-state index contributed by atoms with van der Waals surface area (Å²) in [5, 5.41) is 3.79. The highest BCUT2D eigenvalue weighted by Gasteiger charge is 2.05. The molecule has 0 aliphatic carbocycles. The van der Waals surface area contributed by atoms with Gasteiger partial charge in [0.2, 0.25) is 11.7 Å². The van der Waals surface area contributed by atoms with Crippen LogP contribution in [0.3, 0.4) is 0 Å². The Kier molecular flexibility index (Phi) is 4.11. The van der Waals surface area contributed by atoms with Crippen molar-refractivity contribution in [1.29, 1.82) is 0 Å². The Labute approximate surface area is 107 Å². The highest BCUT2D eigenvalue weighted by Crippen LogP contribution is 2.16. The molecule has 5 nitrogen and oxygen atoms in total. The second-order valence-electron chi connectivity index (χ2n) is 3.39. The van der Waals surface area contributed by atoms with Crippen LogP contribution in [0, 0.1) is 0 Å². The Morgan fingerprint density at radius 3 is 2.76 bits per heavy atom. The van der Waals surface area contributed by atoms with Gasteiger partial charge in [-0.15, -0.1) is 0 Å². The monoisotopic (exact) mass is 297 g/mol. The fourth-order valence-corrected chi connectivity index (χ4v) is 1.52. The van der Waals surface area contributed by atoms with Crippen LogP contribution in [0.25, 0.3) is 0 Å². The first-order chi connectivity index (χ1) is 8.28. The molecule has 1 heterocycles. The van der Waals surface area contributed by atoms with Crippen molar-refractivity contribution in [3.63, 3.8) is 0 Å². The molecule has 0 atom stereocenters. The number of benzene rings is 1. The van der Waals surface area contributed by atoms with Gasteiger partial charge in [0.05, 0.1) is 0 Å². The zero-order valence-corrected chi connectivity index (χ0v) is 10.7. The van der Waals surface area contributed by atoms with Gasteiger partial charge in [0.25, 0.3) is 0 Å². The minimum Gasteiger partial charge on any atom is -0.485 e. The molecule has 0 bridgehead atoms. The van der Waals surface area contributed by atoms with E-state index in [4.69, 9.17) is 15.0 Å². The van der Waals surface area contributed by atoms with Crippen molar-refractivity contribution in [1.82, 2.24) is 10.1 Å². The van der Waals surface area contributed by atoms with E-state index in [-0.39, 0.29) is 6.61 Å². The molecule has 1 aromatic carbocycles. The largest absolute Gasteiger partial charge is 0.485 e. The molecule has 0 aliphatic rings. The van der Waals surface area contributed by atoms with E-state index in [9.17, 15) is 0 Å². The lowest BCUT2D eigenvalue weighted by Crippen LogP contribution is -2.03. The first kappa shape index (κ1) is 12.1. The van der Waals surface area contributed by atoms with Crippen molar-refractivity contribution >= 4 is 15.9 Å². The molecule has 6 heteroatoms. The van der Waals surface area contributed by atoms with Crippen LogP contribution in [0.1, 0.15) is 11.7 Å². The second kappa shape index (κ2) is 5.79. The van der Waals surface area contributed by atoms with E-state index in [1.54, 1.807) is 0 Å².